The molecular weight excluding hydrogens is 262 g/mol. The Labute approximate surface area is 94.7 Å². The first-order valence-electron chi connectivity index (χ1n) is 4.05. The van der Waals surface area contributed by atoms with Crippen molar-refractivity contribution in [1.82, 2.24) is 4.98 Å². The number of thiazole rings is 1. The van der Waals surface area contributed by atoms with E-state index in [1.54, 1.807) is 18.4 Å². The van der Waals surface area contributed by atoms with Gasteiger partial charge in [-0.25, -0.2) is 4.98 Å². The zero-order valence-electron chi connectivity index (χ0n) is 7.53. The summed E-state index contributed by atoms with van der Waals surface area (Å²) in [5, 5.41) is 2.96. The Hall–Kier alpha value is -0.870. The van der Waals surface area contributed by atoms with Crippen LogP contribution in [0.5, 0.6) is 5.75 Å². The van der Waals surface area contributed by atoms with E-state index in [4.69, 9.17) is 4.74 Å². The Kier molecular flexibility index (Phi) is 2.84. The second-order valence-electron chi connectivity index (χ2n) is 2.71. The average Bonchev–Trinajstić information content (AvgIpc) is 2.65. The van der Waals surface area contributed by atoms with Crippen LogP contribution in [0, 0.1) is 0 Å². The topological polar surface area (TPSA) is 22.1 Å². The number of benzene rings is 1. The van der Waals surface area contributed by atoms with Crippen molar-refractivity contribution in [1.29, 1.82) is 0 Å². The molecule has 1 aromatic heterocycles. The summed E-state index contributed by atoms with van der Waals surface area (Å²) < 4.78 is 6.02. The highest BCUT2D eigenvalue weighted by molar-refractivity contribution is 9.10. The van der Waals surface area contributed by atoms with Crippen molar-refractivity contribution in [2.75, 3.05) is 7.11 Å². The maximum atomic E-state index is 5.15. The Balaban J connectivity index is 2.41. The predicted molar refractivity (Wildman–Crippen MR) is 61.8 cm³/mol. The fourth-order valence-corrected chi connectivity index (χ4v) is 2.39. The zero-order valence-corrected chi connectivity index (χ0v) is 9.93. The molecule has 0 saturated heterocycles. The third-order valence-electron chi connectivity index (χ3n) is 1.79. The van der Waals surface area contributed by atoms with E-state index in [1.807, 2.05) is 29.6 Å². The van der Waals surface area contributed by atoms with Crippen LogP contribution in [0.3, 0.4) is 0 Å². The highest BCUT2D eigenvalue weighted by atomic mass is 79.9. The first kappa shape index (κ1) is 9.68. The minimum absolute atomic E-state index is 0.855. The van der Waals surface area contributed by atoms with Crippen LogP contribution in [-0.4, -0.2) is 12.1 Å². The minimum atomic E-state index is 0.855. The van der Waals surface area contributed by atoms with E-state index in [9.17, 15) is 0 Å². The van der Waals surface area contributed by atoms with Crippen LogP contribution in [0.25, 0.3) is 10.6 Å². The van der Waals surface area contributed by atoms with Gasteiger partial charge in [0.25, 0.3) is 0 Å². The van der Waals surface area contributed by atoms with Gasteiger partial charge in [0.15, 0.2) is 0 Å². The molecule has 0 bridgehead atoms. The molecule has 0 aliphatic rings. The standard InChI is InChI=1S/C10H8BrNOS/c1-13-8-4-2-3-7(5-8)10-12-9(11)6-14-10/h2-6H,1H3. The van der Waals surface area contributed by atoms with Gasteiger partial charge in [-0.15, -0.1) is 11.3 Å². The third kappa shape index (κ3) is 1.96. The Morgan fingerprint density at radius 1 is 1.43 bits per heavy atom. The first-order chi connectivity index (χ1) is 6.79. The molecule has 0 aliphatic carbocycles. The van der Waals surface area contributed by atoms with Crippen LogP contribution in [0.4, 0.5) is 0 Å². The Morgan fingerprint density at radius 2 is 2.29 bits per heavy atom. The lowest BCUT2D eigenvalue weighted by molar-refractivity contribution is 0.415. The van der Waals surface area contributed by atoms with Gasteiger partial charge in [0.05, 0.1) is 7.11 Å². The van der Waals surface area contributed by atoms with Crippen LogP contribution in [0.1, 0.15) is 0 Å². The van der Waals surface area contributed by atoms with Gasteiger partial charge < -0.3 is 4.74 Å². The van der Waals surface area contributed by atoms with Gasteiger partial charge in [0.1, 0.15) is 15.4 Å². The molecule has 0 atom stereocenters. The molecule has 1 heterocycles. The summed E-state index contributed by atoms with van der Waals surface area (Å²) in [7, 11) is 1.66. The second kappa shape index (κ2) is 4.11. The van der Waals surface area contributed by atoms with Crippen molar-refractivity contribution in [2.24, 2.45) is 0 Å². The normalized spacial score (nSPS) is 10.1. The van der Waals surface area contributed by atoms with Crippen LogP contribution < -0.4 is 4.74 Å². The van der Waals surface area contributed by atoms with Crippen molar-refractivity contribution < 1.29 is 4.74 Å². The molecule has 72 valence electrons. The van der Waals surface area contributed by atoms with E-state index in [1.165, 1.54) is 0 Å². The first-order valence-corrected chi connectivity index (χ1v) is 5.72. The molecule has 0 fully saturated rings. The molecule has 4 heteroatoms. The highest BCUT2D eigenvalue weighted by Gasteiger charge is 2.03. The van der Waals surface area contributed by atoms with Crippen molar-refractivity contribution in [2.45, 2.75) is 0 Å². The maximum absolute atomic E-state index is 5.15. The lowest BCUT2D eigenvalue weighted by atomic mass is 10.2. The van der Waals surface area contributed by atoms with Crippen LogP contribution in [-0.2, 0) is 0 Å². The zero-order chi connectivity index (χ0) is 9.97. The summed E-state index contributed by atoms with van der Waals surface area (Å²) in [6.07, 6.45) is 0. The van der Waals surface area contributed by atoms with Crippen molar-refractivity contribution in [3.05, 3.63) is 34.2 Å². The van der Waals surface area contributed by atoms with E-state index in [-0.39, 0.29) is 0 Å². The fraction of sp³-hybridized carbons (Fsp3) is 0.100. The van der Waals surface area contributed by atoms with Gasteiger partial charge in [0, 0.05) is 10.9 Å². The predicted octanol–water partition coefficient (Wildman–Crippen LogP) is 3.58. The third-order valence-corrected chi connectivity index (χ3v) is 3.39. The summed E-state index contributed by atoms with van der Waals surface area (Å²) in [4.78, 5) is 4.34. The number of nitrogens with zero attached hydrogens (tertiary/aromatic N) is 1. The van der Waals surface area contributed by atoms with Gasteiger partial charge in [-0.3, -0.25) is 0 Å². The van der Waals surface area contributed by atoms with Gasteiger partial charge in [-0.1, -0.05) is 12.1 Å². The summed E-state index contributed by atoms with van der Waals surface area (Å²) in [5.74, 6) is 0.855. The summed E-state index contributed by atoms with van der Waals surface area (Å²) in [6.45, 7) is 0. The molecule has 0 amide bonds. The Bertz CT molecular complexity index is 441. The van der Waals surface area contributed by atoms with Crippen molar-refractivity contribution >= 4 is 27.3 Å². The van der Waals surface area contributed by atoms with E-state index in [0.717, 1.165) is 20.9 Å². The Morgan fingerprint density at radius 3 is 2.93 bits per heavy atom. The molecule has 0 spiro atoms. The van der Waals surface area contributed by atoms with Crippen LogP contribution in [0.2, 0.25) is 0 Å². The summed E-state index contributed by atoms with van der Waals surface area (Å²) in [6, 6.07) is 7.88. The molecule has 0 saturated carbocycles. The maximum Gasteiger partial charge on any atom is 0.124 e. The summed E-state index contributed by atoms with van der Waals surface area (Å²) in [5.41, 5.74) is 1.08. The fourth-order valence-electron chi connectivity index (χ4n) is 1.14. The van der Waals surface area contributed by atoms with Gasteiger partial charge in [-0.2, -0.15) is 0 Å². The van der Waals surface area contributed by atoms with Gasteiger partial charge in [0.2, 0.25) is 0 Å². The molecule has 2 nitrogen and oxygen atoms in total. The lowest BCUT2D eigenvalue weighted by Crippen LogP contribution is -1.82. The molecular formula is C10H8BrNOS. The van der Waals surface area contributed by atoms with E-state index < -0.39 is 0 Å². The van der Waals surface area contributed by atoms with Crippen LogP contribution in [0.15, 0.2) is 34.2 Å². The average molecular weight is 270 g/mol. The minimum Gasteiger partial charge on any atom is -0.497 e. The van der Waals surface area contributed by atoms with Gasteiger partial charge in [-0.05, 0) is 28.1 Å². The van der Waals surface area contributed by atoms with Crippen molar-refractivity contribution in [3.63, 3.8) is 0 Å². The molecule has 2 aromatic rings. The molecule has 0 aliphatic heterocycles. The summed E-state index contributed by atoms with van der Waals surface area (Å²) >= 11 is 4.94. The molecule has 0 radical (unpaired) electrons. The smallest absolute Gasteiger partial charge is 0.124 e. The monoisotopic (exact) mass is 269 g/mol. The molecule has 14 heavy (non-hydrogen) atoms. The second-order valence-corrected chi connectivity index (χ2v) is 4.38. The van der Waals surface area contributed by atoms with E-state index in [0.29, 0.717) is 0 Å². The van der Waals surface area contributed by atoms with Gasteiger partial charge >= 0.3 is 0 Å². The van der Waals surface area contributed by atoms with E-state index >= 15 is 0 Å². The number of hydrogen-bond donors (Lipinski definition) is 0. The number of halogens is 1. The van der Waals surface area contributed by atoms with Crippen LogP contribution >= 0.6 is 27.3 Å². The quantitative estimate of drug-likeness (QED) is 0.832. The SMILES string of the molecule is COc1cccc(-c2nc(Br)cs2)c1. The molecule has 2 rings (SSSR count). The van der Waals surface area contributed by atoms with Crippen molar-refractivity contribution in [3.8, 4) is 16.3 Å². The largest absolute Gasteiger partial charge is 0.497 e. The molecule has 0 unspecified atom stereocenters. The number of methoxy groups -OCH3 is 1. The number of aromatic nitrogens is 1. The molecule has 0 N–H and O–H groups in total. The number of hydrogen-bond acceptors (Lipinski definition) is 3. The number of rotatable bonds is 2. The highest BCUT2D eigenvalue weighted by Crippen LogP contribution is 2.28. The molecule has 1 aromatic carbocycles. The van der Waals surface area contributed by atoms with E-state index in [2.05, 4.69) is 20.9 Å². The number of ether oxygens (including phenoxy) is 1. The lowest BCUT2D eigenvalue weighted by Gasteiger charge is -2.00.